The number of amides is 1. The maximum Gasteiger partial charge on any atom is 0.299 e. The molecule has 0 bridgehead atoms. The van der Waals surface area contributed by atoms with Gasteiger partial charge in [0.2, 0.25) is 5.76 Å². The van der Waals surface area contributed by atoms with E-state index in [4.69, 9.17) is 17.0 Å². The molecule has 1 saturated heterocycles. The summed E-state index contributed by atoms with van der Waals surface area (Å²) in [4.78, 5) is 17.2. The molecule has 0 N–H and O–H groups in total. The second-order valence-corrected chi connectivity index (χ2v) is 6.32. The lowest BCUT2D eigenvalue weighted by atomic mass is 10.3. The number of carbonyl (C=O) groups is 1. The van der Waals surface area contributed by atoms with Crippen molar-refractivity contribution < 1.29 is 9.53 Å². The standard InChI is InChI=1S/C15H16N2O2S2/c1-3-4-9-17-13(18)12(19-15(17)20)14-16(2)10-7-5-6-8-11(10)21-14/h5-8H,3-4,9H2,1-2H3/b14-12+. The zero-order valence-corrected chi connectivity index (χ0v) is 13.6. The molecular weight excluding hydrogens is 304 g/mol. The number of para-hydroxylation sites is 1. The van der Waals surface area contributed by atoms with E-state index in [2.05, 4.69) is 6.92 Å². The topological polar surface area (TPSA) is 32.8 Å². The molecule has 0 spiro atoms. The van der Waals surface area contributed by atoms with Gasteiger partial charge in [0.1, 0.15) is 5.03 Å². The average Bonchev–Trinajstić information content (AvgIpc) is 2.96. The molecule has 1 aromatic rings. The van der Waals surface area contributed by atoms with Crippen molar-refractivity contribution in [3.63, 3.8) is 0 Å². The van der Waals surface area contributed by atoms with Crippen LogP contribution in [0.2, 0.25) is 0 Å². The molecule has 4 nitrogen and oxygen atoms in total. The number of hydrogen-bond donors (Lipinski definition) is 0. The molecule has 0 radical (unpaired) electrons. The lowest BCUT2D eigenvalue weighted by molar-refractivity contribution is -0.123. The molecule has 1 amide bonds. The maximum atomic E-state index is 12.5. The van der Waals surface area contributed by atoms with Crippen molar-refractivity contribution in [1.29, 1.82) is 0 Å². The number of carbonyl (C=O) groups excluding carboxylic acids is 1. The highest BCUT2D eigenvalue weighted by molar-refractivity contribution is 8.03. The Morgan fingerprint density at radius 3 is 2.81 bits per heavy atom. The van der Waals surface area contributed by atoms with Gasteiger partial charge in [-0.15, -0.1) is 0 Å². The quantitative estimate of drug-likeness (QED) is 0.630. The minimum atomic E-state index is -0.129. The van der Waals surface area contributed by atoms with Crippen LogP contribution < -0.4 is 4.90 Å². The summed E-state index contributed by atoms with van der Waals surface area (Å²) in [5, 5.41) is 1.07. The minimum absolute atomic E-state index is 0.129. The Hall–Kier alpha value is -1.53. The van der Waals surface area contributed by atoms with Gasteiger partial charge < -0.3 is 9.64 Å². The maximum absolute atomic E-state index is 12.5. The molecule has 2 heterocycles. The predicted molar refractivity (Wildman–Crippen MR) is 88.0 cm³/mol. The zero-order chi connectivity index (χ0) is 15.0. The summed E-state index contributed by atoms with van der Waals surface area (Å²) in [6.07, 6.45) is 1.93. The number of thioether (sulfide) groups is 1. The van der Waals surface area contributed by atoms with Gasteiger partial charge in [0.05, 0.1) is 5.69 Å². The number of fused-ring (bicyclic) bond motifs is 1. The minimum Gasteiger partial charge on any atom is -0.423 e. The van der Waals surface area contributed by atoms with E-state index in [1.165, 1.54) is 0 Å². The van der Waals surface area contributed by atoms with Gasteiger partial charge in [0.25, 0.3) is 11.1 Å². The number of thiocarbonyl (C=S) groups is 1. The highest BCUT2D eigenvalue weighted by atomic mass is 32.2. The Balaban J connectivity index is 1.91. The second kappa shape index (κ2) is 5.69. The van der Waals surface area contributed by atoms with Crippen LogP contribution in [0, 0.1) is 0 Å². The van der Waals surface area contributed by atoms with Crippen molar-refractivity contribution >= 4 is 40.7 Å². The molecule has 0 aliphatic carbocycles. The Morgan fingerprint density at radius 2 is 2.10 bits per heavy atom. The first kappa shape index (κ1) is 14.4. The van der Waals surface area contributed by atoms with Crippen LogP contribution in [-0.4, -0.2) is 29.6 Å². The van der Waals surface area contributed by atoms with Gasteiger partial charge in [-0.25, -0.2) is 0 Å². The SMILES string of the molecule is CCCCN1C(=O)/C(=C2\Sc3ccccc3N2C)OC1=S. The fourth-order valence-corrected chi connectivity index (χ4v) is 3.72. The first-order valence-corrected chi connectivity index (χ1v) is 8.14. The van der Waals surface area contributed by atoms with Crippen molar-refractivity contribution in [2.45, 2.75) is 24.7 Å². The lowest BCUT2D eigenvalue weighted by Crippen LogP contribution is -2.29. The molecule has 1 fully saturated rings. The Morgan fingerprint density at radius 1 is 1.33 bits per heavy atom. The zero-order valence-electron chi connectivity index (χ0n) is 12.0. The van der Waals surface area contributed by atoms with Crippen molar-refractivity contribution in [3.05, 3.63) is 35.1 Å². The summed E-state index contributed by atoms with van der Waals surface area (Å²) < 4.78 is 5.59. The van der Waals surface area contributed by atoms with E-state index in [0.717, 1.165) is 28.5 Å². The summed E-state index contributed by atoms with van der Waals surface area (Å²) in [7, 11) is 1.94. The molecule has 21 heavy (non-hydrogen) atoms. The van der Waals surface area contributed by atoms with Crippen molar-refractivity contribution in [3.8, 4) is 0 Å². The normalized spacial score (nSPS) is 21.0. The molecule has 6 heteroatoms. The van der Waals surface area contributed by atoms with Crippen molar-refractivity contribution in [2.75, 3.05) is 18.5 Å². The second-order valence-electron chi connectivity index (χ2n) is 4.94. The van der Waals surface area contributed by atoms with Gasteiger partial charge in [-0.2, -0.15) is 0 Å². The third kappa shape index (κ3) is 2.42. The molecule has 0 unspecified atom stereocenters. The van der Waals surface area contributed by atoms with E-state index in [1.54, 1.807) is 16.7 Å². The predicted octanol–water partition coefficient (Wildman–Crippen LogP) is 3.34. The van der Waals surface area contributed by atoms with Crippen LogP contribution in [0.1, 0.15) is 19.8 Å². The van der Waals surface area contributed by atoms with Crippen LogP contribution in [-0.2, 0) is 9.53 Å². The van der Waals surface area contributed by atoms with Crippen LogP contribution in [0.4, 0.5) is 5.69 Å². The number of rotatable bonds is 3. The Bertz CT molecular complexity index is 642. The van der Waals surface area contributed by atoms with E-state index in [9.17, 15) is 4.79 Å². The van der Waals surface area contributed by atoms with Crippen LogP contribution in [0.15, 0.2) is 39.9 Å². The van der Waals surface area contributed by atoms with Crippen LogP contribution in [0.5, 0.6) is 0 Å². The van der Waals surface area contributed by atoms with Gasteiger partial charge in [-0.05, 0) is 30.8 Å². The largest absolute Gasteiger partial charge is 0.423 e. The third-order valence-electron chi connectivity index (χ3n) is 3.52. The van der Waals surface area contributed by atoms with Gasteiger partial charge in [0.15, 0.2) is 0 Å². The number of benzene rings is 1. The van der Waals surface area contributed by atoms with Crippen LogP contribution in [0.3, 0.4) is 0 Å². The molecule has 1 aromatic carbocycles. The molecule has 2 aliphatic rings. The van der Waals surface area contributed by atoms with Crippen molar-refractivity contribution in [1.82, 2.24) is 4.90 Å². The molecular formula is C15H16N2O2S2. The van der Waals surface area contributed by atoms with Crippen molar-refractivity contribution in [2.24, 2.45) is 0 Å². The fourth-order valence-electron chi connectivity index (χ4n) is 2.34. The summed E-state index contributed by atoms with van der Waals surface area (Å²) in [5.74, 6) is 0.218. The highest BCUT2D eigenvalue weighted by Crippen LogP contribution is 2.47. The monoisotopic (exact) mass is 320 g/mol. The van der Waals surface area contributed by atoms with Crippen LogP contribution in [0.25, 0.3) is 0 Å². The van der Waals surface area contributed by atoms with Crippen LogP contribution >= 0.6 is 24.0 Å². The van der Waals surface area contributed by atoms with Gasteiger partial charge in [-0.1, -0.05) is 37.2 Å². The lowest BCUT2D eigenvalue weighted by Gasteiger charge is -2.14. The number of ether oxygens (including phenoxy) is 1. The Labute approximate surface area is 133 Å². The first-order valence-electron chi connectivity index (χ1n) is 6.92. The molecule has 0 atom stereocenters. The summed E-state index contributed by atoms with van der Waals surface area (Å²) in [5.41, 5.74) is 1.08. The van der Waals surface area contributed by atoms with Gasteiger partial charge in [0, 0.05) is 18.5 Å². The first-order chi connectivity index (χ1) is 10.1. The fraction of sp³-hybridized carbons (Fsp3) is 0.333. The summed E-state index contributed by atoms with van der Waals surface area (Å²) in [6.45, 7) is 2.70. The van der Waals surface area contributed by atoms with E-state index in [-0.39, 0.29) is 11.1 Å². The van der Waals surface area contributed by atoms with E-state index < -0.39 is 0 Å². The van der Waals surface area contributed by atoms with Gasteiger partial charge >= 0.3 is 0 Å². The number of unbranched alkanes of at least 4 members (excludes halogenated alkanes) is 1. The number of anilines is 1. The summed E-state index contributed by atoms with van der Waals surface area (Å²) in [6, 6.07) is 8.04. The van der Waals surface area contributed by atoms with E-state index in [0.29, 0.717) is 12.3 Å². The molecule has 0 aromatic heterocycles. The highest BCUT2D eigenvalue weighted by Gasteiger charge is 2.39. The third-order valence-corrected chi connectivity index (χ3v) is 5.04. The number of hydrogen-bond acceptors (Lipinski definition) is 5. The molecule has 110 valence electrons. The van der Waals surface area contributed by atoms with E-state index >= 15 is 0 Å². The average molecular weight is 320 g/mol. The smallest absolute Gasteiger partial charge is 0.299 e. The van der Waals surface area contributed by atoms with E-state index in [1.807, 2.05) is 36.2 Å². The number of nitrogens with zero attached hydrogens (tertiary/aromatic N) is 2. The molecule has 2 aliphatic heterocycles. The van der Waals surface area contributed by atoms with Gasteiger partial charge in [-0.3, -0.25) is 9.69 Å². The summed E-state index contributed by atoms with van der Waals surface area (Å²) >= 11 is 6.74. The molecule has 3 rings (SSSR count). The Kier molecular flexibility index (Phi) is 3.91. The molecule has 0 saturated carbocycles.